The molecule has 0 aliphatic heterocycles. The van der Waals surface area contributed by atoms with Crippen LogP contribution in [0.15, 0.2) is 48.5 Å². The maximum absolute atomic E-state index is 12.0. The maximum atomic E-state index is 12.0. The number of hydrogen-bond acceptors (Lipinski definition) is 2. The van der Waals surface area contributed by atoms with Gasteiger partial charge in [0.25, 0.3) is 0 Å². The van der Waals surface area contributed by atoms with Crippen LogP contribution in [0.5, 0.6) is 5.75 Å². The summed E-state index contributed by atoms with van der Waals surface area (Å²) in [6.07, 6.45) is 0. The lowest BCUT2D eigenvalue weighted by atomic mass is 10.0. The molecule has 0 atom stereocenters. The molecule has 2 nitrogen and oxygen atoms in total. The number of ether oxygens (including phenoxy) is 1. The average Bonchev–Trinajstić information content (AvgIpc) is 2.40. The highest BCUT2D eigenvalue weighted by atomic mass is 16.5. The van der Waals surface area contributed by atoms with Crippen molar-refractivity contribution in [1.82, 2.24) is 0 Å². The molecule has 0 N–H and O–H groups in total. The van der Waals surface area contributed by atoms with E-state index in [9.17, 15) is 4.79 Å². The maximum Gasteiger partial charge on any atom is 0.200 e. The lowest BCUT2D eigenvalue weighted by Crippen LogP contribution is -2.11. The second-order valence-corrected chi connectivity index (χ2v) is 4.32. The molecule has 2 aromatic carbocycles. The molecule has 0 amide bonds. The van der Waals surface area contributed by atoms with Gasteiger partial charge in [-0.25, -0.2) is 0 Å². The number of hydrogen-bond donors (Lipinski definition) is 0. The van der Waals surface area contributed by atoms with Gasteiger partial charge < -0.3 is 4.74 Å². The molecular formula is C16H16O2. The molecule has 2 rings (SSSR count). The van der Waals surface area contributed by atoms with E-state index < -0.39 is 0 Å². The third-order valence-corrected chi connectivity index (χ3v) is 2.94. The molecule has 92 valence electrons. The molecule has 0 heterocycles. The quantitative estimate of drug-likeness (QED) is 0.764. The van der Waals surface area contributed by atoms with Gasteiger partial charge in [0.15, 0.2) is 12.4 Å². The lowest BCUT2D eigenvalue weighted by molar-refractivity contribution is 0.0921. The van der Waals surface area contributed by atoms with Crippen LogP contribution in [0.1, 0.15) is 21.5 Å². The number of carbonyl (C=O) groups excluding carboxylic acids is 1. The summed E-state index contributed by atoms with van der Waals surface area (Å²) in [5, 5.41) is 0. The summed E-state index contributed by atoms with van der Waals surface area (Å²) in [5.74, 6) is 0.719. The molecule has 0 aliphatic carbocycles. The van der Waals surface area contributed by atoms with Crippen LogP contribution in [-0.2, 0) is 0 Å². The van der Waals surface area contributed by atoms with Crippen LogP contribution < -0.4 is 4.74 Å². The minimum atomic E-state index is 0.00181. The van der Waals surface area contributed by atoms with E-state index in [0.29, 0.717) is 5.56 Å². The Morgan fingerprint density at radius 2 is 1.72 bits per heavy atom. The smallest absolute Gasteiger partial charge is 0.200 e. The average molecular weight is 240 g/mol. The molecule has 0 aromatic heterocycles. The van der Waals surface area contributed by atoms with Crippen molar-refractivity contribution in [2.75, 3.05) is 6.61 Å². The Bertz CT molecular complexity index is 544. The van der Waals surface area contributed by atoms with E-state index >= 15 is 0 Å². The topological polar surface area (TPSA) is 26.3 Å². The first kappa shape index (κ1) is 12.4. The first-order valence-corrected chi connectivity index (χ1v) is 5.95. The summed E-state index contributed by atoms with van der Waals surface area (Å²) in [6, 6.07) is 15.1. The standard InChI is InChI=1S/C16H16O2/c1-12-8-9-14(10-13(12)2)16(17)11-18-15-6-4-3-5-7-15/h3-10H,11H2,1-2H3. The lowest BCUT2D eigenvalue weighted by Gasteiger charge is -2.07. The number of rotatable bonds is 4. The van der Waals surface area contributed by atoms with Crippen molar-refractivity contribution in [1.29, 1.82) is 0 Å². The summed E-state index contributed by atoms with van der Waals surface area (Å²) in [5.41, 5.74) is 3.02. The second-order valence-electron chi connectivity index (χ2n) is 4.32. The Hall–Kier alpha value is -2.09. The van der Waals surface area contributed by atoms with Crippen LogP contribution in [0.4, 0.5) is 0 Å². The SMILES string of the molecule is Cc1ccc(C(=O)COc2ccccc2)cc1C. The molecule has 0 saturated carbocycles. The van der Waals surface area contributed by atoms with E-state index in [4.69, 9.17) is 4.74 Å². The van der Waals surface area contributed by atoms with Crippen molar-refractivity contribution < 1.29 is 9.53 Å². The number of ketones is 1. The van der Waals surface area contributed by atoms with Crippen molar-refractivity contribution in [3.8, 4) is 5.75 Å². The highest BCUT2D eigenvalue weighted by molar-refractivity contribution is 5.97. The Kier molecular flexibility index (Phi) is 3.78. The summed E-state index contributed by atoms with van der Waals surface area (Å²) >= 11 is 0. The van der Waals surface area contributed by atoms with Crippen LogP contribution >= 0.6 is 0 Å². The van der Waals surface area contributed by atoms with Crippen molar-refractivity contribution in [3.05, 3.63) is 65.2 Å². The van der Waals surface area contributed by atoms with Crippen molar-refractivity contribution in [3.63, 3.8) is 0 Å². The fourth-order valence-corrected chi connectivity index (χ4v) is 1.66. The first-order valence-electron chi connectivity index (χ1n) is 5.95. The normalized spacial score (nSPS) is 10.1. The van der Waals surface area contributed by atoms with E-state index in [2.05, 4.69) is 0 Å². The summed E-state index contributed by atoms with van der Waals surface area (Å²) in [7, 11) is 0. The molecule has 2 aromatic rings. The van der Waals surface area contributed by atoms with E-state index in [1.807, 2.05) is 62.4 Å². The van der Waals surface area contributed by atoms with Crippen LogP contribution in [0.25, 0.3) is 0 Å². The zero-order valence-electron chi connectivity index (χ0n) is 10.6. The molecular weight excluding hydrogens is 224 g/mol. The molecule has 0 fully saturated rings. The van der Waals surface area contributed by atoms with Crippen molar-refractivity contribution in [2.45, 2.75) is 13.8 Å². The summed E-state index contributed by atoms with van der Waals surface area (Å²) < 4.78 is 5.44. The number of aryl methyl sites for hydroxylation is 2. The van der Waals surface area contributed by atoms with Gasteiger partial charge >= 0.3 is 0 Å². The van der Waals surface area contributed by atoms with Gasteiger partial charge in [-0.2, -0.15) is 0 Å². The van der Waals surface area contributed by atoms with Crippen molar-refractivity contribution in [2.24, 2.45) is 0 Å². The van der Waals surface area contributed by atoms with Crippen LogP contribution in [0.2, 0.25) is 0 Å². The number of benzene rings is 2. The van der Waals surface area contributed by atoms with Gasteiger partial charge in [0.2, 0.25) is 0 Å². The van der Waals surface area contributed by atoms with Gasteiger partial charge in [-0.3, -0.25) is 4.79 Å². The number of carbonyl (C=O) groups is 1. The minimum Gasteiger partial charge on any atom is -0.485 e. The highest BCUT2D eigenvalue weighted by Crippen LogP contribution is 2.12. The summed E-state index contributed by atoms with van der Waals surface area (Å²) in [4.78, 5) is 12.0. The molecule has 0 spiro atoms. The molecule has 0 aliphatic rings. The third-order valence-electron chi connectivity index (χ3n) is 2.94. The van der Waals surface area contributed by atoms with Gasteiger partial charge in [0.1, 0.15) is 5.75 Å². The monoisotopic (exact) mass is 240 g/mol. The fraction of sp³-hybridized carbons (Fsp3) is 0.188. The minimum absolute atomic E-state index is 0.00181. The molecule has 2 heteroatoms. The van der Waals surface area contributed by atoms with Gasteiger partial charge in [-0.15, -0.1) is 0 Å². The summed E-state index contributed by atoms with van der Waals surface area (Å²) in [6.45, 7) is 4.11. The largest absolute Gasteiger partial charge is 0.485 e. The molecule has 18 heavy (non-hydrogen) atoms. The zero-order chi connectivity index (χ0) is 13.0. The van der Waals surface area contributed by atoms with Gasteiger partial charge in [0, 0.05) is 5.56 Å². The Labute approximate surface area is 107 Å². The number of para-hydroxylation sites is 1. The zero-order valence-corrected chi connectivity index (χ0v) is 10.6. The van der Waals surface area contributed by atoms with Gasteiger partial charge in [-0.1, -0.05) is 30.3 Å². The Morgan fingerprint density at radius 3 is 2.39 bits per heavy atom. The third kappa shape index (κ3) is 2.98. The highest BCUT2D eigenvalue weighted by Gasteiger charge is 2.07. The Morgan fingerprint density at radius 1 is 1.00 bits per heavy atom. The predicted molar refractivity (Wildman–Crippen MR) is 72.2 cm³/mol. The van der Waals surface area contributed by atoms with Crippen LogP contribution in [-0.4, -0.2) is 12.4 Å². The molecule has 0 saturated heterocycles. The van der Waals surface area contributed by atoms with Gasteiger partial charge in [0.05, 0.1) is 0 Å². The van der Waals surface area contributed by atoms with Crippen LogP contribution in [0, 0.1) is 13.8 Å². The van der Waals surface area contributed by atoms with E-state index in [1.54, 1.807) is 0 Å². The van der Waals surface area contributed by atoms with Gasteiger partial charge in [-0.05, 0) is 43.2 Å². The van der Waals surface area contributed by atoms with E-state index in [-0.39, 0.29) is 12.4 Å². The van der Waals surface area contributed by atoms with E-state index in [0.717, 1.165) is 11.3 Å². The Balaban J connectivity index is 2.02. The fourth-order valence-electron chi connectivity index (χ4n) is 1.66. The van der Waals surface area contributed by atoms with E-state index in [1.165, 1.54) is 5.56 Å². The first-order chi connectivity index (χ1) is 8.66. The predicted octanol–water partition coefficient (Wildman–Crippen LogP) is 3.57. The molecule has 0 radical (unpaired) electrons. The second kappa shape index (κ2) is 5.50. The van der Waals surface area contributed by atoms with Crippen LogP contribution in [0.3, 0.4) is 0 Å². The van der Waals surface area contributed by atoms with Crippen molar-refractivity contribution >= 4 is 5.78 Å². The molecule has 0 bridgehead atoms. The number of Topliss-reactive ketones (excluding diaryl/α,β-unsaturated/α-hetero) is 1. The molecule has 0 unspecified atom stereocenters.